The molecule has 14 rings (SSSR count). The highest BCUT2D eigenvalue weighted by Crippen LogP contribution is 2.53. The van der Waals surface area contributed by atoms with Crippen molar-refractivity contribution < 1.29 is 0 Å². The Hall–Kier alpha value is -7.50. The van der Waals surface area contributed by atoms with E-state index >= 15 is 0 Å². The van der Waals surface area contributed by atoms with Crippen LogP contribution in [0.5, 0.6) is 0 Å². The maximum atomic E-state index is 4.91. The van der Waals surface area contributed by atoms with E-state index in [1.807, 2.05) is 35.1 Å². The third-order valence-electron chi connectivity index (χ3n) is 15.2. The summed E-state index contributed by atoms with van der Waals surface area (Å²) in [5.41, 5.74) is 21.9. The minimum absolute atomic E-state index is 0.106. The van der Waals surface area contributed by atoms with E-state index in [0.717, 1.165) is 22.5 Å². The third kappa shape index (κ3) is 5.81. The number of fused-ring (bicyclic) bond motifs is 12. The molecule has 0 radical (unpaired) electrons. The van der Waals surface area contributed by atoms with Crippen molar-refractivity contribution in [1.29, 1.82) is 0 Å². The van der Waals surface area contributed by atoms with Crippen molar-refractivity contribution in [3.63, 3.8) is 0 Å². The molecule has 0 amide bonds. The molecule has 2 aliphatic rings. The lowest BCUT2D eigenvalue weighted by molar-refractivity contribution is 0.660. The van der Waals surface area contributed by atoms with Gasteiger partial charge in [-0.1, -0.05) is 149 Å². The molecule has 0 bridgehead atoms. The van der Waals surface area contributed by atoms with Crippen molar-refractivity contribution in [1.82, 2.24) is 9.97 Å². The standard InChI is InChI=1S/C64H44N2S2/c1-63(2)53-23-19-37(31-49(53)51-33-41(21-25-55(51)63)43-13-9-15-47-45-11-5-7-17-59(45)67-61(43)47)39-27-29-65-57(35-39)58-36-40(28-30-66-58)38-20-24-54-50(32-38)52-34-42(22-26-56(52)64(54,3)4)44-14-10-16-48-46-12-6-8-18-60(46)68-62(44)48/h5-36H,1-4H3. The predicted octanol–water partition coefficient (Wildman–Crippen LogP) is 18.2. The first-order chi connectivity index (χ1) is 33.2. The van der Waals surface area contributed by atoms with Crippen LogP contribution in [0.15, 0.2) is 194 Å². The van der Waals surface area contributed by atoms with E-state index in [-0.39, 0.29) is 10.8 Å². The second-order valence-electron chi connectivity index (χ2n) is 19.7. The molecule has 4 heterocycles. The van der Waals surface area contributed by atoms with Crippen LogP contribution in [0, 0.1) is 0 Å². The van der Waals surface area contributed by atoms with Gasteiger partial charge in [-0.05, 0) is 150 Å². The molecule has 0 unspecified atom stereocenters. The summed E-state index contributed by atoms with van der Waals surface area (Å²) in [7, 11) is 0. The maximum Gasteiger partial charge on any atom is 0.0892 e. The number of hydrogen-bond acceptors (Lipinski definition) is 4. The Labute approximate surface area is 403 Å². The van der Waals surface area contributed by atoms with Crippen LogP contribution in [-0.2, 0) is 10.8 Å². The van der Waals surface area contributed by atoms with Gasteiger partial charge in [-0.2, -0.15) is 0 Å². The average Bonchev–Trinajstić information content (AvgIpc) is 4.08. The van der Waals surface area contributed by atoms with E-state index in [1.54, 1.807) is 0 Å². The SMILES string of the molecule is CC1(C)c2ccc(-c3ccnc(-c4cc(-c5ccc6c(c5)-c5cc(-c7cccc8c7sc7ccccc78)ccc5C6(C)C)ccn4)c3)cc2-c2cc(-c3cccc4c3sc3ccccc34)ccc21. The normalized spacial score (nSPS) is 14.1. The number of hydrogen-bond donors (Lipinski definition) is 0. The zero-order valence-electron chi connectivity index (χ0n) is 38.2. The quantitative estimate of drug-likeness (QED) is 0.172. The van der Waals surface area contributed by atoms with Gasteiger partial charge in [0.05, 0.1) is 11.4 Å². The van der Waals surface area contributed by atoms with Crippen molar-refractivity contribution in [2.45, 2.75) is 38.5 Å². The van der Waals surface area contributed by atoms with Gasteiger partial charge in [-0.25, -0.2) is 0 Å². The lowest BCUT2D eigenvalue weighted by Gasteiger charge is -2.21. The molecule has 4 heteroatoms. The zero-order chi connectivity index (χ0) is 45.5. The van der Waals surface area contributed by atoms with Crippen molar-refractivity contribution >= 4 is 63.0 Å². The number of pyridine rings is 2. The van der Waals surface area contributed by atoms with E-state index in [0.29, 0.717) is 0 Å². The first-order valence-corrected chi connectivity index (χ1v) is 25.2. The highest BCUT2D eigenvalue weighted by molar-refractivity contribution is 7.26. The van der Waals surface area contributed by atoms with Gasteiger partial charge in [-0.3, -0.25) is 9.97 Å². The molecular formula is C64H44N2S2. The molecule has 2 aliphatic carbocycles. The molecule has 322 valence electrons. The monoisotopic (exact) mass is 904 g/mol. The zero-order valence-corrected chi connectivity index (χ0v) is 39.8. The minimum atomic E-state index is -0.106. The minimum Gasteiger partial charge on any atom is -0.255 e. The Bertz CT molecular complexity index is 3840. The number of rotatable bonds is 5. The fraction of sp³-hybridized carbons (Fsp3) is 0.0938. The van der Waals surface area contributed by atoms with E-state index < -0.39 is 0 Å². The summed E-state index contributed by atoms with van der Waals surface area (Å²) < 4.78 is 5.35. The van der Waals surface area contributed by atoms with Crippen LogP contribution < -0.4 is 0 Å². The van der Waals surface area contributed by atoms with Gasteiger partial charge in [0, 0.05) is 63.6 Å². The fourth-order valence-corrected chi connectivity index (χ4v) is 14.2. The lowest BCUT2D eigenvalue weighted by Crippen LogP contribution is -2.14. The maximum absolute atomic E-state index is 4.91. The molecule has 0 fully saturated rings. The Balaban J connectivity index is 0.807. The molecular weight excluding hydrogens is 861 g/mol. The second kappa shape index (κ2) is 14.5. The molecule has 68 heavy (non-hydrogen) atoms. The number of aromatic nitrogens is 2. The summed E-state index contributed by atoms with van der Waals surface area (Å²) in [5, 5.41) is 5.31. The Morgan fingerprint density at radius 3 is 1.09 bits per heavy atom. The summed E-state index contributed by atoms with van der Waals surface area (Å²) in [5.74, 6) is 0. The van der Waals surface area contributed by atoms with Crippen LogP contribution >= 0.6 is 22.7 Å². The number of benzene rings is 8. The summed E-state index contributed by atoms with van der Waals surface area (Å²) in [6.45, 7) is 9.44. The van der Waals surface area contributed by atoms with Crippen LogP contribution in [0.3, 0.4) is 0 Å². The number of nitrogens with zero attached hydrogens (tertiary/aromatic N) is 2. The van der Waals surface area contributed by atoms with E-state index in [4.69, 9.17) is 9.97 Å². The lowest BCUT2D eigenvalue weighted by atomic mass is 9.82. The van der Waals surface area contributed by atoms with E-state index in [9.17, 15) is 0 Å². The molecule has 0 N–H and O–H groups in total. The third-order valence-corrected chi connectivity index (χ3v) is 17.7. The first-order valence-electron chi connectivity index (χ1n) is 23.5. The molecule has 0 aliphatic heterocycles. The summed E-state index contributed by atoms with van der Waals surface area (Å²) >= 11 is 3.78. The Morgan fingerprint density at radius 1 is 0.309 bits per heavy atom. The topological polar surface area (TPSA) is 25.8 Å². The van der Waals surface area contributed by atoms with E-state index in [2.05, 4.69) is 210 Å². The summed E-state index contributed by atoms with van der Waals surface area (Å²) in [6, 6.07) is 68.0. The van der Waals surface area contributed by atoms with Gasteiger partial charge >= 0.3 is 0 Å². The van der Waals surface area contributed by atoms with Gasteiger partial charge in [0.25, 0.3) is 0 Å². The van der Waals surface area contributed by atoms with E-state index in [1.165, 1.54) is 118 Å². The van der Waals surface area contributed by atoms with Crippen LogP contribution in [0.2, 0.25) is 0 Å². The largest absolute Gasteiger partial charge is 0.255 e. The molecule has 2 nitrogen and oxygen atoms in total. The Kier molecular flexibility index (Phi) is 8.45. The molecule has 0 spiro atoms. The van der Waals surface area contributed by atoms with Crippen LogP contribution in [-0.4, -0.2) is 9.97 Å². The highest BCUT2D eigenvalue weighted by Gasteiger charge is 2.37. The molecule has 12 aromatic rings. The molecule has 4 aromatic heterocycles. The predicted molar refractivity (Wildman–Crippen MR) is 290 cm³/mol. The van der Waals surface area contributed by atoms with Crippen LogP contribution in [0.25, 0.3) is 118 Å². The van der Waals surface area contributed by atoms with Gasteiger partial charge in [-0.15, -0.1) is 22.7 Å². The number of thiophene rings is 2. The Morgan fingerprint density at radius 2 is 0.662 bits per heavy atom. The molecule has 0 saturated carbocycles. The van der Waals surface area contributed by atoms with Crippen LogP contribution in [0.1, 0.15) is 49.9 Å². The van der Waals surface area contributed by atoms with Crippen molar-refractivity contribution in [2.24, 2.45) is 0 Å². The van der Waals surface area contributed by atoms with Gasteiger partial charge < -0.3 is 0 Å². The summed E-state index contributed by atoms with van der Waals surface area (Å²) in [4.78, 5) is 9.81. The molecule has 0 atom stereocenters. The van der Waals surface area contributed by atoms with Gasteiger partial charge in [0.15, 0.2) is 0 Å². The summed E-state index contributed by atoms with van der Waals surface area (Å²) in [6.07, 6.45) is 3.86. The second-order valence-corrected chi connectivity index (χ2v) is 21.8. The van der Waals surface area contributed by atoms with Crippen LogP contribution in [0.4, 0.5) is 0 Å². The van der Waals surface area contributed by atoms with Gasteiger partial charge in [0.1, 0.15) is 0 Å². The average molecular weight is 905 g/mol. The van der Waals surface area contributed by atoms with Crippen molar-refractivity contribution in [3.8, 4) is 78.1 Å². The van der Waals surface area contributed by atoms with Gasteiger partial charge in [0.2, 0.25) is 0 Å². The smallest absolute Gasteiger partial charge is 0.0892 e. The molecule has 0 saturated heterocycles. The molecule has 8 aromatic carbocycles. The fourth-order valence-electron chi connectivity index (χ4n) is 11.7. The van der Waals surface area contributed by atoms with Crippen molar-refractivity contribution in [2.75, 3.05) is 0 Å². The van der Waals surface area contributed by atoms with Crippen molar-refractivity contribution in [3.05, 3.63) is 217 Å². The highest BCUT2D eigenvalue weighted by atomic mass is 32.1. The first kappa shape index (κ1) is 39.6.